The lowest BCUT2D eigenvalue weighted by molar-refractivity contribution is 0.0289. The molecule has 2 nitrogen and oxygen atoms in total. The number of ether oxygens (including phenoxy) is 1. The zero-order valence-electron chi connectivity index (χ0n) is 10.00. The maximum atomic E-state index is 13.6. The summed E-state index contributed by atoms with van der Waals surface area (Å²) in [6, 6.07) is 1.91. The van der Waals surface area contributed by atoms with Gasteiger partial charge in [0.1, 0.15) is 0 Å². The van der Waals surface area contributed by atoms with E-state index in [1.54, 1.807) is 0 Å². The molecule has 2 rings (SSSR count). The average molecular weight is 260 g/mol. The van der Waals surface area contributed by atoms with Crippen LogP contribution in [0.2, 0.25) is 0 Å². The summed E-state index contributed by atoms with van der Waals surface area (Å²) in [7, 11) is 0. The van der Waals surface area contributed by atoms with Crippen molar-refractivity contribution in [3.63, 3.8) is 0 Å². The molecule has 18 heavy (non-hydrogen) atoms. The van der Waals surface area contributed by atoms with E-state index in [1.165, 1.54) is 0 Å². The standard InChI is InChI=1S/C13H15F3O2/c1-2-10-7(5-6-18-10)13(17)8-3-4-9(14)12(16)11(8)15/h3-4,7,10,13,17H,2,5-6H2,1H3. The van der Waals surface area contributed by atoms with Gasteiger partial charge in [-0.3, -0.25) is 0 Å². The quantitative estimate of drug-likeness (QED) is 0.847. The molecule has 0 saturated carbocycles. The van der Waals surface area contributed by atoms with Crippen LogP contribution < -0.4 is 0 Å². The fraction of sp³-hybridized carbons (Fsp3) is 0.538. The summed E-state index contributed by atoms with van der Waals surface area (Å²) in [6.45, 7) is 2.39. The van der Waals surface area contributed by atoms with Gasteiger partial charge in [0.2, 0.25) is 0 Å². The van der Waals surface area contributed by atoms with Gasteiger partial charge in [0.15, 0.2) is 17.5 Å². The van der Waals surface area contributed by atoms with E-state index in [1.807, 2.05) is 6.92 Å². The normalized spacial score (nSPS) is 25.4. The summed E-state index contributed by atoms with van der Waals surface area (Å²) in [6.07, 6.45) is -0.0782. The number of halogens is 3. The van der Waals surface area contributed by atoms with Gasteiger partial charge in [-0.1, -0.05) is 13.0 Å². The Bertz CT molecular complexity index is 436. The third-order valence-electron chi connectivity index (χ3n) is 3.45. The van der Waals surface area contributed by atoms with Crippen LogP contribution in [0.4, 0.5) is 13.2 Å². The average Bonchev–Trinajstić information content (AvgIpc) is 2.83. The molecule has 5 heteroatoms. The van der Waals surface area contributed by atoms with Crippen molar-refractivity contribution in [2.24, 2.45) is 5.92 Å². The molecular formula is C13H15F3O2. The molecule has 100 valence electrons. The lowest BCUT2D eigenvalue weighted by Gasteiger charge is -2.23. The molecule has 1 aliphatic heterocycles. The summed E-state index contributed by atoms with van der Waals surface area (Å²) in [4.78, 5) is 0. The number of rotatable bonds is 3. The first kappa shape index (κ1) is 13.4. The zero-order valence-corrected chi connectivity index (χ0v) is 10.00. The van der Waals surface area contributed by atoms with E-state index in [4.69, 9.17) is 4.74 Å². The first-order chi connectivity index (χ1) is 8.56. The van der Waals surface area contributed by atoms with Gasteiger partial charge < -0.3 is 9.84 Å². The fourth-order valence-corrected chi connectivity index (χ4v) is 2.45. The second kappa shape index (κ2) is 5.28. The predicted molar refractivity (Wildman–Crippen MR) is 59.4 cm³/mol. The highest BCUT2D eigenvalue weighted by molar-refractivity contribution is 5.23. The Labute approximate surface area is 103 Å². The van der Waals surface area contributed by atoms with Crippen molar-refractivity contribution in [1.82, 2.24) is 0 Å². The predicted octanol–water partition coefficient (Wildman–Crippen LogP) is 2.95. The highest BCUT2D eigenvalue weighted by Gasteiger charge is 2.35. The molecule has 0 amide bonds. The molecule has 1 aliphatic rings. The molecular weight excluding hydrogens is 245 g/mol. The van der Waals surface area contributed by atoms with E-state index in [0.29, 0.717) is 19.4 Å². The highest BCUT2D eigenvalue weighted by Crippen LogP contribution is 2.36. The SMILES string of the molecule is CCC1OCCC1C(O)c1ccc(F)c(F)c1F. The maximum absolute atomic E-state index is 13.6. The molecule has 0 aliphatic carbocycles. The van der Waals surface area contributed by atoms with Crippen LogP contribution in [0.25, 0.3) is 0 Å². The fourth-order valence-electron chi connectivity index (χ4n) is 2.45. The lowest BCUT2D eigenvalue weighted by atomic mass is 9.88. The van der Waals surface area contributed by atoms with Gasteiger partial charge in [-0.15, -0.1) is 0 Å². The Kier molecular flexibility index (Phi) is 3.92. The summed E-state index contributed by atoms with van der Waals surface area (Å²) < 4.78 is 44.9. The van der Waals surface area contributed by atoms with Gasteiger partial charge in [0, 0.05) is 18.1 Å². The molecule has 0 spiro atoms. The summed E-state index contributed by atoms with van der Waals surface area (Å²) in [5, 5.41) is 10.1. The maximum Gasteiger partial charge on any atom is 0.194 e. The Balaban J connectivity index is 2.28. The van der Waals surface area contributed by atoms with E-state index in [2.05, 4.69) is 0 Å². The smallest absolute Gasteiger partial charge is 0.194 e. The molecule has 3 atom stereocenters. The van der Waals surface area contributed by atoms with Crippen LogP contribution in [0.5, 0.6) is 0 Å². The summed E-state index contributed by atoms with van der Waals surface area (Å²) >= 11 is 0. The second-order valence-corrected chi connectivity index (χ2v) is 4.48. The minimum Gasteiger partial charge on any atom is -0.388 e. The van der Waals surface area contributed by atoms with E-state index in [0.717, 1.165) is 12.1 Å². The van der Waals surface area contributed by atoms with Crippen LogP contribution in [-0.2, 0) is 4.74 Å². The van der Waals surface area contributed by atoms with Crippen molar-refractivity contribution >= 4 is 0 Å². The molecule has 1 N–H and O–H groups in total. The third kappa shape index (κ3) is 2.24. The van der Waals surface area contributed by atoms with Crippen LogP contribution in [0.15, 0.2) is 12.1 Å². The van der Waals surface area contributed by atoms with E-state index < -0.39 is 23.6 Å². The third-order valence-corrected chi connectivity index (χ3v) is 3.45. The molecule has 1 saturated heterocycles. The van der Waals surface area contributed by atoms with Crippen molar-refractivity contribution in [2.45, 2.75) is 32.0 Å². The van der Waals surface area contributed by atoms with Crippen LogP contribution in [-0.4, -0.2) is 17.8 Å². The summed E-state index contributed by atoms with van der Waals surface area (Å²) in [5.41, 5.74) is -0.206. The monoisotopic (exact) mass is 260 g/mol. The molecule has 3 unspecified atom stereocenters. The Morgan fingerprint density at radius 3 is 2.72 bits per heavy atom. The number of hydrogen-bond acceptors (Lipinski definition) is 2. The molecule has 1 fully saturated rings. The molecule has 1 heterocycles. The van der Waals surface area contributed by atoms with Crippen LogP contribution in [0, 0.1) is 23.4 Å². The topological polar surface area (TPSA) is 29.5 Å². The number of benzene rings is 1. The van der Waals surface area contributed by atoms with Crippen molar-refractivity contribution in [2.75, 3.05) is 6.61 Å². The van der Waals surface area contributed by atoms with Crippen LogP contribution in [0.3, 0.4) is 0 Å². The minimum atomic E-state index is -1.54. The van der Waals surface area contributed by atoms with Gasteiger partial charge in [-0.25, -0.2) is 13.2 Å². The first-order valence-corrected chi connectivity index (χ1v) is 5.99. The van der Waals surface area contributed by atoms with E-state index in [-0.39, 0.29) is 17.6 Å². The van der Waals surface area contributed by atoms with Crippen LogP contribution in [0.1, 0.15) is 31.4 Å². The van der Waals surface area contributed by atoms with Gasteiger partial charge in [0.05, 0.1) is 12.2 Å². The number of hydrogen-bond donors (Lipinski definition) is 1. The lowest BCUT2D eigenvalue weighted by Crippen LogP contribution is -2.23. The number of aliphatic hydroxyl groups excluding tert-OH is 1. The van der Waals surface area contributed by atoms with Crippen molar-refractivity contribution < 1.29 is 23.0 Å². The summed E-state index contributed by atoms with van der Waals surface area (Å²) in [5.74, 6) is -4.39. The minimum absolute atomic E-state index is 0.174. The van der Waals surface area contributed by atoms with Crippen LogP contribution >= 0.6 is 0 Å². The van der Waals surface area contributed by atoms with Crippen molar-refractivity contribution in [3.8, 4) is 0 Å². The Morgan fingerprint density at radius 1 is 1.33 bits per heavy atom. The van der Waals surface area contributed by atoms with E-state index in [9.17, 15) is 18.3 Å². The zero-order chi connectivity index (χ0) is 13.3. The Morgan fingerprint density at radius 2 is 2.06 bits per heavy atom. The largest absolute Gasteiger partial charge is 0.388 e. The van der Waals surface area contributed by atoms with Gasteiger partial charge >= 0.3 is 0 Å². The Hall–Kier alpha value is -1.07. The molecule has 0 bridgehead atoms. The number of aliphatic hydroxyl groups is 1. The van der Waals surface area contributed by atoms with Gasteiger partial charge in [-0.2, -0.15) is 0 Å². The molecule has 0 radical (unpaired) electrons. The van der Waals surface area contributed by atoms with Crippen molar-refractivity contribution in [3.05, 3.63) is 35.1 Å². The van der Waals surface area contributed by atoms with Gasteiger partial charge in [-0.05, 0) is 18.9 Å². The molecule has 0 aromatic heterocycles. The van der Waals surface area contributed by atoms with E-state index >= 15 is 0 Å². The molecule has 1 aromatic carbocycles. The van der Waals surface area contributed by atoms with Gasteiger partial charge in [0.25, 0.3) is 0 Å². The first-order valence-electron chi connectivity index (χ1n) is 5.99. The van der Waals surface area contributed by atoms with Crippen molar-refractivity contribution in [1.29, 1.82) is 0 Å². The highest BCUT2D eigenvalue weighted by atomic mass is 19.2. The second-order valence-electron chi connectivity index (χ2n) is 4.48. The molecule has 1 aromatic rings.